The molecule has 6 nitrogen and oxygen atoms in total. The van der Waals surface area contributed by atoms with Gasteiger partial charge < -0.3 is 10.1 Å². The lowest BCUT2D eigenvalue weighted by atomic mass is 10.1. The van der Waals surface area contributed by atoms with Crippen LogP contribution < -0.4 is 5.32 Å². The number of amides is 1. The Bertz CT molecular complexity index is 1040. The molecule has 0 spiro atoms. The fraction of sp³-hybridized carbons (Fsp3) is 0.273. The number of nitrogens with one attached hydrogen (secondary N) is 1. The van der Waals surface area contributed by atoms with Crippen molar-refractivity contribution in [3.63, 3.8) is 0 Å². The first-order valence-electron chi connectivity index (χ1n) is 9.43. The summed E-state index contributed by atoms with van der Waals surface area (Å²) in [4.78, 5) is 41.4. The molecule has 156 valence electrons. The summed E-state index contributed by atoms with van der Waals surface area (Å²) >= 11 is 2.81. The second kappa shape index (κ2) is 9.77. The Hall–Kier alpha value is -2.84. The second-order valence-corrected chi connectivity index (χ2v) is 8.95. The zero-order valence-electron chi connectivity index (χ0n) is 16.9. The summed E-state index contributed by atoms with van der Waals surface area (Å²) in [6.45, 7) is 5.33. The van der Waals surface area contributed by atoms with E-state index < -0.39 is 5.97 Å². The highest BCUT2D eigenvalue weighted by molar-refractivity contribution is 7.17. The van der Waals surface area contributed by atoms with Crippen LogP contribution >= 0.6 is 22.7 Å². The number of hydrogen-bond acceptors (Lipinski definition) is 7. The van der Waals surface area contributed by atoms with Crippen molar-refractivity contribution in [1.82, 2.24) is 4.98 Å². The van der Waals surface area contributed by atoms with E-state index in [1.807, 2.05) is 30.7 Å². The van der Waals surface area contributed by atoms with Gasteiger partial charge in [-0.25, -0.2) is 9.78 Å². The highest BCUT2D eigenvalue weighted by atomic mass is 32.1. The Kier molecular flexibility index (Phi) is 7.12. The van der Waals surface area contributed by atoms with Crippen molar-refractivity contribution < 1.29 is 19.1 Å². The van der Waals surface area contributed by atoms with E-state index >= 15 is 0 Å². The Morgan fingerprint density at radius 3 is 2.50 bits per heavy atom. The maximum absolute atomic E-state index is 12.4. The van der Waals surface area contributed by atoms with E-state index in [9.17, 15) is 14.4 Å². The van der Waals surface area contributed by atoms with E-state index in [2.05, 4.69) is 10.3 Å². The van der Waals surface area contributed by atoms with Gasteiger partial charge >= 0.3 is 5.97 Å². The topological polar surface area (TPSA) is 85.4 Å². The normalized spacial score (nSPS) is 10.8. The molecule has 0 atom stereocenters. The molecule has 1 amide bonds. The van der Waals surface area contributed by atoms with Crippen molar-refractivity contribution in [2.24, 2.45) is 5.92 Å². The summed E-state index contributed by atoms with van der Waals surface area (Å²) in [6, 6.07) is 8.47. The predicted octanol–water partition coefficient (Wildman–Crippen LogP) is 5.20. The van der Waals surface area contributed by atoms with Crippen LogP contribution in [0, 0.1) is 12.8 Å². The lowest BCUT2D eigenvalue weighted by molar-refractivity contribution is -0.116. The first-order valence-corrected chi connectivity index (χ1v) is 11.2. The Balaban J connectivity index is 1.56. The number of nitrogens with zero attached hydrogens (tertiary/aromatic N) is 1. The molecule has 0 radical (unpaired) electrons. The van der Waals surface area contributed by atoms with Gasteiger partial charge in [-0.15, -0.1) is 11.3 Å². The SMILES string of the molecule is Cc1nc(-c2ccsc2)sc1C(=O)OCC(=O)c1ccc(NC(=O)CC(C)C)cc1. The van der Waals surface area contributed by atoms with E-state index in [0.717, 1.165) is 10.6 Å². The number of anilines is 1. The summed E-state index contributed by atoms with van der Waals surface area (Å²) in [5.41, 5.74) is 2.57. The zero-order valence-corrected chi connectivity index (χ0v) is 18.6. The number of thiazole rings is 1. The highest BCUT2D eigenvalue weighted by Crippen LogP contribution is 2.29. The predicted molar refractivity (Wildman–Crippen MR) is 119 cm³/mol. The monoisotopic (exact) mass is 442 g/mol. The maximum atomic E-state index is 12.4. The number of carbonyl (C=O) groups excluding carboxylic acids is 3. The minimum atomic E-state index is -0.558. The number of esters is 1. The molecule has 0 saturated carbocycles. The van der Waals surface area contributed by atoms with Gasteiger partial charge in [0, 0.05) is 28.6 Å². The molecular weight excluding hydrogens is 420 g/mol. The average molecular weight is 443 g/mol. The molecule has 0 aliphatic heterocycles. The van der Waals surface area contributed by atoms with Crippen LogP contribution in [0.5, 0.6) is 0 Å². The van der Waals surface area contributed by atoms with Gasteiger partial charge in [0.15, 0.2) is 12.4 Å². The van der Waals surface area contributed by atoms with Gasteiger partial charge in [-0.3, -0.25) is 9.59 Å². The minimum Gasteiger partial charge on any atom is -0.453 e. The molecule has 1 N–H and O–H groups in total. The largest absolute Gasteiger partial charge is 0.453 e. The van der Waals surface area contributed by atoms with Gasteiger partial charge in [0.2, 0.25) is 5.91 Å². The first-order chi connectivity index (χ1) is 14.3. The molecule has 3 rings (SSSR count). The van der Waals surface area contributed by atoms with Gasteiger partial charge in [0.05, 0.1) is 5.69 Å². The number of ether oxygens (including phenoxy) is 1. The molecular formula is C22H22N2O4S2. The third kappa shape index (κ3) is 5.61. The van der Waals surface area contributed by atoms with Crippen molar-refractivity contribution in [2.45, 2.75) is 27.2 Å². The van der Waals surface area contributed by atoms with Crippen LogP contribution in [0.3, 0.4) is 0 Å². The number of aryl methyl sites for hydroxylation is 1. The molecule has 1 aromatic carbocycles. The summed E-state index contributed by atoms with van der Waals surface area (Å²) in [7, 11) is 0. The number of benzene rings is 1. The number of Topliss-reactive ketones (excluding diaryl/α,β-unsaturated/α-hetero) is 1. The number of rotatable bonds is 8. The van der Waals surface area contributed by atoms with Gasteiger partial charge in [-0.2, -0.15) is 11.3 Å². The molecule has 0 unspecified atom stereocenters. The van der Waals surface area contributed by atoms with Crippen LogP contribution in [-0.2, 0) is 9.53 Å². The molecule has 0 aliphatic rings. The van der Waals surface area contributed by atoms with Gasteiger partial charge in [-0.1, -0.05) is 13.8 Å². The van der Waals surface area contributed by atoms with Crippen molar-refractivity contribution in [1.29, 1.82) is 0 Å². The first kappa shape index (κ1) is 21.9. The van der Waals surface area contributed by atoms with Crippen LogP contribution in [0.2, 0.25) is 0 Å². The zero-order chi connectivity index (χ0) is 21.7. The fourth-order valence-electron chi connectivity index (χ4n) is 2.70. The quantitative estimate of drug-likeness (QED) is 0.383. The van der Waals surface area contributed by atoms with Gasteiger partial charge in [0.1, 0.15) is 9.88 Å². The molecule has 2 aromatic heterocycles. The molecule has 2 heterocycles. The van der Waals surface area contributed by atoms with Crippen LogP contribution in [0.1, 0.15) is 46.0 Å². The standard InChI is InChI=1S/C22H22N2O4S2/c1-13(2)10-19(26)24-17-6-4-15(5-7-17)18(25)11-28-22(27)20-14(3)23-21(30-20)16-8-9-29-12-16/h4-9,12-13H,10-11H2,1-3H3,(H,24,26). The van der Waals surface area contributed by atoms with E-state index in [1.165, 1.54) is 11.3 Å². The molecule has 0 aliphatic carbocycles. The Labute approximate surface area is 182 Å². The number of hydrogen-bond donors (Lipinski definition) is 1. The summed E-state index contributed by atoms with van der Waals surface area (Å²) < 4.78 is 5.21. The third-order valence-electron chi connectivity index (χ3n) is 4.17. The number of carbonyl (C=O) groups is 3. The van der Waals surface area contributed by atoms with Crippen molar-refractivity contribution in [2.75, 3.05) is 11.9 Å². The average Bonchev–Trinajstić information content (AvgIpc) is 3.35. The molecule has 0 bridgehead atoms. The second-order valence-electron chi connectivity index (χ2n) is 7.17. The molecule has 30 heavy (non-hydrogen) atoms. The van der Waals surface area contributed by atoms with E-state index in [4.69, 9.17) is 4.74 Å². The van der Waals surface area contributed by atoms with E-state index in [-0.39, 0.29) is 24.2 Å². The Morgan fingerprint density at radius 2 is 1.87 bits per heavy atom. The van der Waals surface area contributed by atoms with Crippen LogP contribution in [0.15, 0.2) is 41.1 Å². The smallest absolute Gasteiger partial charge is 0.350 e. The fourth-order valence-corrected chi connectivity index (χ4v) is 4.37. The van der Waals surface area contributed by atoms with E-state index in [0.29, 0.717) is 28.2 Å². The van der Waals surface area contributed by atoms with Gasteiger partial charge in [0.25, 0.3) is 0 Å². The summed E-state index contributed by atoms with van der Waals surface area (Å²) in [5.74, 6) is -0.676. The minimum absolute atomic E-state index is 0.0697. The summed E-state index contributed by atoms with van der Waals surface area (Å²) in [6.07, 6.45) is 0.432. The van der Waals surface area contributed by atoms with Crippen molar-refractivity contribution in [3.05, 3.63) is 57.2 Å². The Morgan fingerprint density at radius 1 is 1.13 bits per heavy atom. The van der Waals surface area contributed by atoms with Crippen molar-refractivity contribution in [3.8, 4) is 10.6 Å². The number of aromatic nitrogens is 1. The lowest BCUT2D eigenvalue weighted by Gasteiger charge is -2.08. The van der Waals surface area contributed by atoms with Gasteiger partial charge in [-0.05, 0) is 48.6 Å². The molecule has 3 aromatic rings. The van der Waals surface area contributed by atoms with E-state index in [1.54, 1.807) is 42.5 Å². The lowest BCUT2D eigenvalue weighted by Crippen LogP contribution is -2.15. The highest BCUT2D eigenvalue weighted by Gasteiger charge is 2.19. The van der Waals surface area contributed by atoms with Crippen LogP contribution in [0.25, 0.3) is 10.6 Å². The summed E-state index contributed by atoms with van der Waals surface area (Å²) in [5, 5.41) is 7.46. The van der Waals surface area contributed by atoms with Crippen LogP contribution in [0.4, 0.5) is 5.69 Å². The number of thiophene rings is 1. The molecule has 0 saturated heterocycles. The molecule has 8 heteroatoms. The third-order valence-corrected chi connectivity index (χ3v) is 6.04. The van der Waals surface area contributed by atoms with Crippen LogP contribution in [-0.4, -0.2) is 29.3 Å². The molecule has 0 fully saturated rings. The maximum Gasteiger partial charge on any atom is 0.350 e. The number of ketones is 1. The van der Waals surface area contributed by atoms with Crippen molar-refractivity contribution >= 4 is 46.0 Å².